The van der Waals surface area contributed by atoms with Crippen LogP contribution < -0.4 is 10.0 Å². The Morgan fingerprint density at radius 2 is 1.78 bits per heavy atom. The number of hydrogen-bond acceptors (Lipinski definition) is 4. The van der Waals surface area contributed by atoms with Crippen LogP contribution in [0, 0.1) is 12.7 Å². The van der Waals surface area contributed by atoms with Crippen molar-refractivity contribution in [2.24, 2.45) is 0 Å². The number of carbonyl (C=O) groups is 1. The number of hydrogen-bond donors (Lipinski definition) is 2. The predicted octanol–water partition coefficient (Wildman–Crippen LogP) is 3.58. The Labute approximate surface area is 156 Å². The molecule has 0 radical (unpaired) electrons. The molecule has 8 heteroatoms. The molecule has 0 bridgehead atoms. The molecule has 0 aliphatic heterocycles. The highest BCUT2D eigenvalue weighted by atomic mass is 32.2. The van der Waals surface area contributed by atoms with Crippen molar-refractivity contribution in [2.45, 2.75) is 11.8 Å². The number of amides is 1. The van der Waals surface area contributed by atoms with Gasteiger partial charge in [-0.3, -0.25) is 9.52 Å². The number of aryl methyl sites for hydroxylation is 1. The van der Waals surface area contributed by atoms with E-state index >= 15 is 0 Å². The lowest BCUT2D eigenvalue weighted by Crippen LogP contribution is -2.17. The van der Waals surface area contributed by atoms with Gasteiger partial charge in [-0.05, 0) is 61.0 Å². The number of carbonyl (C=O) groups excluding carboxylic acids is 1. The highest BCUT2D eigenvalue weighted by molar-refractivity contribution is 7.92. The second-order valence-electron chi connectivity index (χ2n) is 5.76. The van der Waals surface area contributed by atoms with Crippen LogP contribution in [0.5, 0.6) is 0 Å². The molecule has 6 nitrogen and oxygen atoms in total. The minimum Gasteiger partial charge on any atom is -0.307 e. The van der Waals surface area contributed by atoms with E-state index in [1.165, 1.54) is 30.5 Å². The van der Waals surface area contributed by atoms with Gasteiger partial charge < -0.3 is 5.32 Å². The van der Waals surface area contributed by atoms with E-state index in [-0.39, 0.29) is 16.1 Å². The monoisotopic (exact) mass is 385 g/mol. The van der Waals surface area contributed by atoms with Gasteiger partial charge >= 0.3 is 0 Å². The summed E-state index contributed by atoms with van der Waals surface area (Å²) >= 11 is 0. The SMILES string of the molecule is Cc1ccc(C(=O)Nc2ccccn2)cc1S(=O)(=O)Nc1ccc(F)cc1. The molecular formula is C19H16FN3O3S. The van der Waals surface area contributed by atoms with Gasteiger partial charge in [-0.1, -0.05) is 12.1 Å². The molecule has 0 aliphatic rings. The zero-order chi connectivity index (χ0) is 19.4. The van der Waals surface area contributed by atoms with Crippen molar-refractivity contribution in [1.29, 1.82) is 0 Å². The molecule has 3 rings (SSSR count). The van der Waals surface area contributed by atoms with Crippen LogP contribution in [0.25, 0.3) is 0 Å². The molecule has 0 saturated heterocycles. The Balaban J connectivity index is 1.88. The zero-order valence-corrected chi connectivity index (χ0v) is 15.1. The first-order valence-electron chi connectivity index (χ1n) is 7.96. The number of anilines is 2. The molecule has 0 aliphatic carbocycles. The molecule has 1 amide bonds. The molecule has 1 aromatic heterocycles. The van der Waals surface area contributed by atoms with E-state index in [1.807, 2.05) is 0 Å². The molecular weight excluding hydrogens is 369 g/mol. The van der Waals surface area contributed by atoms with Crippen LogP contribution in [0.2, 0.25) is 0 Å². The third-order valence-corrected chi connectivity index (χ3v) is 5.27. The fraction of sp³-hybridized carbons (Fsp3) is 0.0526. The smallest absolute Gasteiger partial charge is 0.262 e. The summed E-state index contributed by atoms with van der Waals surface area (Å²) in [6, 6.07) is 14.4. The van der Waals surface area contributed by atoms with Crippen LogP contribution in [0.3, 0.4) is 0 Å². The fourth-order valence-electron chi connectivity index (χ4n) is 2.38. The van der Waals surface area contributed by atoms with E-state index in [1.54, 1.807) is 31.2 Å². The van der Waals surface area contributed by atoms with Gasteiger partial charge in [0.1, 0.15) is 11.6 Å². The van der Waals surface area contributed by atoms with Crippen molar-refractivity contribution in [1.82, 2.24) is 4.98 Å². The Kier molecular flexibility index (Phi) is 5.18. The number of aromatic nitrogens is 1. The summed E-state index contributed by atoms with van der Waals surface area (Å²) in [5, 5.41) is 2.61. The lowest BCUT2D eigenvalue weighted by molar-refractivity contribution is 0.102. The first kappa shape index (κ1) is 18.5. The molecule has 0 unspecified atom stereocenters. The Hall–Kier alpha value is -3.26. The first-order chi connectivity index (χ1) is 12.8. The second kappa shape index (κ2) is 7.55. The molecule has 2 N–H and O–H groups in total. The van der Waals surface area contributed by atoms with E-state index in [4.69, 9.17) is 0 Å². The number of sulfonamides is 1. The van der Waals surface area contributed by atoms with Gasteiger partial charge in [0.15, 0.2) is 0 Å². The zero-order valence-electron chi connectivity index (χ0n) is 14.3. The van der Waals surface area contributed by atoms with Gasteiger partial charge in [-0.15, -0.1) is 0 Å². The number of halogens is 1. The highest BCUT2D eigenvalue weighted by Gasteiger charge is 2.19. The summed E-state index contributed by atoms with van der Waals surface area (Å²) in [6.07, 6.45) is 1.53. The fourth-order valence-corrected chi connectivity index (χ4v) is 3.71. The summed E-state index contributed by atoms with van der Waals surface area (Å²) < 4.78 is 40.8. The number of benzene rings is 2. The Bertz CT molecular complexity index is 1070. The molecule has 3 aromatic rings. The summed E-state index contributed by atoms with van der Waals surface area (Å²) in [7, 11) is -3.95. The topological polar surface area (TPSA) is 88.2 Å². The normalized spacial score (nSPS) is 11.0. The number of pyridine rings is 1. The maximum atomic E-state index is 13.0. The highest BCUT2D eigenvalue weighted by Crippen LogP contribution is 2.21. The van der Waals surface area contributed by atoms with E-state index < -0.39 is 21.7 Å². The standard InChI is InChI=1S/C19H16FN3O3S/c1-13-5-6-14(19(24)22-18-4-2-3-11-21-18)12-17(13)27(25,26)23-16-9-7-15(20)8-10-16/h2-12,23H,1H3,(H,21,22,24). The number of rotatable bonds is 5. The van der Waals surface area contributed by atoms with Gasteiger partial charge in [0.25, 0.3) is 15.9 Å². The van der Waals surface area contributed by atoms with Crippen LogP contribution in [0.4, 0.5) is 15.9 Å². The molecule has 0 fully saturated rings. The largest absolute Gasteiger partial charge is 0.307 e. The molecule has 138 valence electrons. The van der Waals surface area contributed by atoms with Crippen molar-refractivity contribution in [3.05, 3.63) is 83.8 Å². The first-order valence-corrected chi connectivity index (χ1v) is 9.45. The van der Waals surface area contributed by atoms with Crippen LogP contribution in [-0.2, 0) is 10.0 Å². The maximum Gasteiger partial charge on any atom is 0.262 e. The average Bonchev–Trinajstić information content (AvgIpc) is 2.64. The van der Waals surface area contributed by atoms with Crippen molar-refractivity contribution >= 4 is 27.4 Å². The molecule has 27 heavy (non-hydrogen) atoms. The summed E-state index contributed by atoms with van der Waals surface area (Å²) in [5.41, 5.74) is 0.865. The van der Waals surface area contributed by atoms with Gasteiger partial charge in [0.05, 0.1) is 4.90 Å². The van der Waals surface area contributed by atoms with E-state index in [0.717, 1.165) is 12.1 Å². The van der Waals surface area contributed by atoms with Crippen molar-refractivity contribution < 1.29 is 17.6 Å². The molecule has 2 aromatic carbocycles. The van der Waals surface area contributed by atoms with Crippen molar-refractivity contribution in [3.63, 3.8) is 0 Å². The summed E-state index contributed by atoms with van der Waals surface area (Å²) in [6.45, 7) is 1.62. The number of nitrogens with zero attached hydrogens (tertiary/aromatic N) is 1. The molecule has 0 atom stereocenters. The predicted molar refractivity (Wildman–Crippen MR) is 101 cm³/mol. The third-order valence-electron chi connectivity index (χ3n) is 3.74. The Morgan fingerprint density at radius 1 is 1.04 bits per heavy atom. The second-order valence-corrected chi connectivity index (χ2v) is 7.41. The quantitative estimate of drug-likeness (QED) is 0.703. The van der Waals surface area contributed by atoms with Gasteiger partial charge in [-0.25, -0.2) is 17.8 Å². The lowest BCUT2D eigenvalue weighted by atomic mass is 10.1. The third kappa shape index (κ3) is 4.48. The van der Waals surface area contributed by atoms with E-state index in [9.17, 15) is 17.6 Å². The summed E-state index contributed by atoms with van der Waals surface area (Å²) in [4.78, 5) is 16.4. The van der Waals surface area contributed by atoms with E-state index in [0.29, 0.717) is 11.4 Å². The van der Waals surface area contributed by atoms with Crippen molar-refractivity contribution in [2.75, 3.05) is 10.0 Å². The molecule has 0 spiro atoms. The minimum absolute atomic E-state index is 0.0412. The van der Waals surface area contributed by atoms with Gasteiger partial charge in [-0.2, -0.15) is 0 Å². The maximum absolute atomic E-state index is 13.0. The van der Waals surface area contributed by atoms with E-state index in [2.05, 4.69) is 15.0 Å². The van der Waals surface area contributed by atoms with Gasteiger partial charge in [0, 0.05) is 17.4 Å². The number of nitrogens with one attached hydrogen (secondary N) is 2. The minimum atomic E-state index is -3.95. The van der Waals surface area contributed by atoms with Crippen LogP contribution in [0.15, 0.2) is 71.8 Å². The van der Waals surface area contributed by atoms with Crippen LogP contribution in [0.1, 0.15) is 15.9 Å². The van der Waals surface area contributed by atoms with Crippen LogP contribution >= 0.6 is 0 Å². The molecule has 1 heterocycles. The Morgan fingerprint density at radius 3 is 2.44 bits per heavy atom. The van der Waals surface area contributed by atoms with Gasteiger partial charge in [0.2, 0.25) is 0 Å². The van der Waals surface area contributed by atoms with Crippen LogP contribution in [-0.4, -0.2) is 19.3 Å². The summed E-state index contributed by atoms with van der Waals surface area (Å²) in [5.74, 6) is -0.592. The van der Waals surface area contributed by atoms with Crippen molar-refractivity contribution in [3.8, 4) is 0 Å². The molecule has 0 saturated carbocycles. The average molecular weight is 385 g/mol. The lowest BCUT2D eigenvalue weighted by Gasteiger charge is -2.12.